The van der Waals surface area contributed by atoms with Crippen molar-refractivity contribution in [1.29, 1.82) is 0 Å². The summed E-state index contributed by atoms with van der Waals surface area (Å²) in [6, 6.07) is 17.6. The van der Waals surface area contributed by atoms with Crippen LogP contribution in [-0.4, -0.2) is 72.5 Å². The SMILES string of the molecule is COCO[C@H](C)c1nn(CCCN2CCN(c3cccc(Cl)c3)CC2)c(=O)n1CCOc1ccccc1. The molecule has 0 radical (unpaired) electrons. The van der Waals surface area contributed by atoms with Gasteiger partial charge in [0.2, 0.25) is 0 Å². The fourth-order valence-electron chi connectivity index (χ4n) is 4.48. The van der Waals surface area contributed by atoms with Crippen LogP contribution in [0, 0.1) is 0 Å². The summed E-state index contributed by atoms with van der Waals surface area (Å²) in [5, 5.41) is 5.38. The smallest absolute Gasteiger partial charge is 0.346 e. The van der Waals surface area contributed by atoms with E-state index in [1.807, 2.05) is 55.5 Å². The Morgan fingerprint density at radius 2 is 1.78 bits per heavy atom. The van der Waals surface area contributed by atoms with E-state index in [4.69, 9.17) is 25.8 Å². The summed E-state index contributed by atoms with van der Waals surface area (Å²) in [6.07, 6.45) is 0.451. The lowest BCUT2D eigenvalue weighted by Crippen LogP contribution is -2.46. The number of rotatable bonds is 13. The van der Waals surface area contributed by atoms with E-state index in [1.165, 1.54) is 0 Å². The minimum absolute atomic E-state index is 0.129. The Balaban J connectivity index is 1.32. The first kappa shape index (κ1) is 27.2. The molecule has 3 aromatic rings. The zero-order valence-electron chi connectivity index (χ0n) is 21.6. The highest BCUT2D eigenvalue weighted by Gasteiger charge is 2.21. The molecule has 10 heteroatoms. The van der Waals surface area contributed by atoms with Crippen LogP contribution in [0.15, 0.2) is 59.4 Å². The normalized spacial score (nSPS) is 15.2. The first-order valence-corrected chi connectivity index (χ1v) is 13.1. The van der Waals surface area contributed by atoms with Gasteiger partial charge in [-0.25, -0.2) is 9.48 Å². The van der Waals surface area contributed by atoms with Crippen molar-refractivity contribution in [1.82, 2.24) is 19.2 Å². The second kappa shape index (κ2) is 13.6. The van der Waals surface area contributed by atoms with E-state index in [1.54, 1.807) is 16.4 Å². The van der Waals surface area contributed by atoms with Crippen LogP contribution in [0.25, 0.3) is 0 Å². The average molecular weight is 530 g/mol. The van der Waals surface area contributed by atoms with Crippen LogP contribution < -0.4 is 15.3 Å². The number of hydrogen-bond donors (Lipinski definition) is 0. The minimum atomic E-state index is -0.384. The molecule has 4 rings (SSSR count). The third-order valence-corrected chi connectivity index (χ3v) is 6.70. The third-order valence-electron chi connectivity index (χ3n) is 6.47. The molecule has 1 saturated heterocycles. The topological polar surface area (TPSA) is 74.0 Å². The van der Waals surface area contributed by atoms with Crippen LogP contribution in [-0.2, 0) is 22.6 Å². The maximum absolute atomic E-state index is 13.2. The summed E-state index contributed by atoms with van der Waals surface area (Å²) in [6.45, 7) is 8.05. The molecule has 37 heavy (non-hydrogen) atoms. The molecule has 0 unspecified atom stereocenters. The van der Waals surface area contributed by atoms with E-state index in [0.717, 1.165) is 55.6 Å². The fourth-order valence-corrected chi connectivity index (χ4v) is 4.66. The number of hydrogen-bond acceptors (Lipinski definition) is 7. The van der Waals surface area contributed by atoms with E-state index in [2.05, 4.69) is 21.0 Å². The Kier molecular flexibility index (Phi) is 10.0. The van der Waals surface area contributed by atoms with Gasteiger partial charge in [-0.15, -0.1) is 0 Å². The monoisotopic (exact) mass is 529 g/mol. The molecule has 0 saturated carbocycles. The number of piperazine rings is 1. The molecule has 0 N–H and O–H groups in total. The Morgan fingerprint density at radius 1 is 1.00 bits per heavy atom. The second-order valence-electron chi connectivity index (χ2n) is 9.05. The number of anilines is 1. The zero-order chi connectivity index (χ0) is 26.0. The molecule has 200 valence electrons. The number of methoxy groups -OCH3 is 1. The Labute approximate surface area is 223 Å². The van der Waals surface area contributed by atoms with Gasteiger partial charge in [0, 0.05) is 57.1 Å². The molecule has 0 bridgehead atoms. The lowest BCUT2D eigenvalue weighted by Gasteiger charge is -2.36. The number of nitrogens with zero attached hydrogens (tertiary/aromatic N) is 5. The Bertz CT molecular complexity index is 1160. The van der Waals surface area contributed by atoms with Gasteiger partial charge in [0.1, 0.15) is 25.3 Å². The molecular formula is C27H36ClN5O4. The van der Waals surface area contributed by atoms with Gasteiger partial charge in [0.15, 0.2) is 5.82 Å². The predicted molar refractivity (Wildman–Crippen MR) is 145 cm³/mol. The number of benzene rings is 2. The van der Waals surface area contributed by atoms with Crippen molar-refractivity contribution in [3.05, 3.63) is 75.9 Å². The van der Waals surface area contributed by atoms with Gasteiger partial charge < -0.3 is 19.1 Å². The lowest BCUT2D eigenvalue weighted by atomic mass is 10.2. The van der Waals surface area contributed by atoms with Crippen molar-refractivity contribution >= 4 is 17.3 Å². The Hall–Kier alpha value is -2.85. The summed E-state index contributed by atoms with van der Waals surface area (Å²) in [5.74, 6) is 1.34. The molecule has 2 aromatic carbocycles. The van der Waals surface area contributed by atoms with Crippen molar-refractivity contribution in [2.75, 3.05) is 58.1 Å². The number of ether oxygens (including phenoxy) is 3. The van der Waals surface area contributed by atoms with Crippen LogP contribution in [0.4, 0.5) is 5.69 Å². The molecule has 0 spiro atoms. The Morgan fingerprint density at radius 3 is 2.51 bits per heavy atom. The van der Waals surface area contributed by atoms with Crippen molar-refractivity contribution in [3.63, 3.8) is 0 Å². The molecule has 1 aromatic heterocycles. The second-order valence-corrected chi connectivity index (χ2v) is 9.49. The highest BCUT2D eigenvalue weighted by Crippen LogP contribution is 2.21. The summed E-state index contributed by atoms with van der Waals surface area (Å²) in [4.78, 5) is 18.0. The molecule has 1 aliphatic heterocycles. The van der Waals surface area contributed by atoms with Crippen molar-refractivity contribution in [3.8, 4) is 5.75 Å². The van der Waals surface area contributed by atoms with Gasteiger partial charge in [0.25, 0.3) is 0 Å². The van der Waals surface area contributed by atoms with Crippen LogP contribution in [0.1, 0.15) is 25.3 Å². The first-order chi connectivity index (χ1) is 18.0. The molecule has 0 amide bonds. The zero-order valence-corrected chi connectivity index (χ0v) is 22.3. The van der Waals surface area contributed by atoms with Crippen LogP contribution in [0.3, 0.4) is 0 Å². The van der Waals surface area contributed by atoms with E-state index >= 15 is 0 Å². The summed E-state index contributed by atoms with van der Waals surface area (Å²) in [5.41, 5.74) is 1.02. The van der Waals surface area contributed by atoms with Gasteiger partial charge in [-0.2, -0.15) is 5.10 Å². The summed E-state index contributed by atoms with van der Waals surface area (Å²) in [7, 11) is 1.57. The van der Waals surface area contributed by atoms with Crippen molar-refractivity contribution in [2.45, 2.75) is 32.5 Å². The van der Waals surface area contributed by atoms with Gasteiger partial charge in [-0.1, -0.05) is 35.9 Å². The fraction of sp³-hybridized carbons (Fsp3) is 0.481. The van der Waals surface area contributed by atoms with Gasteiger partial charge in [-0.3, -0.25) is 9.47 Å². The lowest BCUT2D eigenvalue weighted by molar-refractivity contribution is -0.0706. The standard InChI is InChI=1S/C27H36ClN5O4/c1-22(37-21-35-2)26-29-33(27(34)32(26)18-19-36-25-10-4-3-5-11-25)13-7-12-30-14-16-31(17-15-30)24-9-6-8-23(28)20-24/h3-6,8-11,20,22H,7,12-19,21H2,1-2H3/t22-/m1/s1. The van der Waals surface area contributed by atoms with Crippen molar-refractivity contribution in [2.24, 2.45) is 0 Å². The molecule has 1 aliphatic rings. The highest BCUT2D eigenvalue weighted by molar-refractivity contribution is 6.30. The third kappa shape index (κ3) is 7.58. The van der Waals surface area contributed by atoms with E-state index < -0.39 is 0 Å². The summed E-state index contributed by atoms with van der Waals surface area (Å²) < 4.78 is 19.7. The minimum Gasteiger partial charge on any atom is -0.492 e. The first-order valence-electron chi connectivity index (χ1n) is 12.7. The van der Waals surface area contributed by atoms with E-state index in [-0.39, 0.29) is 18.6 Å². The molecule has 2 heterocycles. The van der Waals surface area contributed by atoms with E-state index in [9.17, 15) is 4.79 Å². The number of aromatic nitrogens is 3. The summed E-state index contributed by atoms with van der Waals surface area (Å²) >= 11 is 6.15. The molecule has 1 fully saturated rings. The predicted octanol–water partition coefficient (Wildman–Crippen LogP) is 3.67. The average Bonchev–Trinajstić information content (AvgIpc) is 3.23. The van der Waals surface area contributed by atoms with Gasteiger partial charge >= 0.3 is 5.69 Å². The maximum atomic E-state index is 13.2. The number of para-hydroxylation sites is 1. The molecule has 9 nitrogen and oxygen atoms in total. The van der Waals surface area contributed by atoms with Crippen LogP contribution >= 0.6 is 11.6 Å². The van der Waals surface area contributed by atoms with Crippen LogP contribution in [0.5, 0.6) is 5.75 Å². The van der Waals surface area contributed by atoms with Gasteiger partial charge in [0.05, 0.1) is 6.54 Å². The quantitative estimate of drug-likeness (QED) is 0.313. The van der Waals surface area contributed by atoms with Crippen molar-refractivity contribution < 1.29 is 14.2 Å². The van der Waals surface area contributed by atoms with Crippen LogP contribution in [0.2, 0.25) is 5.02 Å². The van der Waals surface area contributed by atoms with Gasteiger partial charge in [-0.05, 0) is 43.7 Å². The molecule has 1 atom stereocenters. The van der Waals surface area contributed by atoms with E-state index in [0.29, 0.717) is 25.5 Å². The number of halogens is 1. The number of aryl methyl sites for hydroxylation is 1. The maximum Gasteiger partial charge on any atom is 0.346 e. The highest BCUT2D eigenvalue weighted by atomic mass is 35.5. The molecule has 0 aliphatic carbocycles. The largest absolute Gasteiger partial charge is 0.492 e. The molecular weight excluding hydrogens is 494 g/mol.